The molecule has 82 valence electrons. The molecule has 4 heteroatoms. The summed E-state index contributed by atoms with van der Waals surface area (Å²) in [6.07, 6.45) is 8.37. The zero-order chi connectivity index (χ0) is 10.7. The predicted molar refractivity (Wildman–Crippen MR) is 61.7 cm³/mol. The number of anilines is 2. The predicted octanol–water partition coefficient (Wildman–Crippen LogP) is 1.83. The lowest BCUT2D eigenvalue weighted by Crippen LogP contribution is -2.28. The summed E-state index contributed by atoms with van der Waals surface area (Å²) in [6, 6.07) is 0.674. The maximum absolute atomic E-state index is 5.65. The Bertz CT molecular complexity index is 322. The van der Waals surface area contributed by atoms with Crippen LogP contribution in [0.4, 0.5) is 11.6 Å². The van der Waals surface area contributed by atoms with Crippen LogP contribution in [-0.4, -0.2) is 22.6 Å². The number of nitrogens with zero attached hydrogens (tertiary/aromatic N) is 3. The van der Waals surface area contributed by atoms with Crippen LogP contribution in [0.15, 0.2) is 12.4 Å². The number of unbranched alkanes of at least 4 members (excludes halogenated alkanes) is 1. The van der Waals surface area contributed by atoms with Crippen molar-refractivity contribution in [3.8, 4) is 0 Å². The Labute approximate surface area is 90.5 Å². The summed E-state index contributed by atoms with van der Waals surface area (Å²) < 4.78 is 0. The third kappa shape index (κ3) is 2.58. The Balaban J connectivity index is 2.09. The highest BCUT2D eigenvalue weighted by atomic mass is 15.2. The summed E-state index contributed by atoms with van der Waals surface area (Å²) in [6.45, 7) is 3.27. The molecular formula is C11H18N4. The Kier molecular flexibility index (Phi) is 3.04. The lowest BCUT2D eigenvalue weighted by atomic mass is 10.3. The van der Waals surface area contributed by atoms with E-state index < -0.39 is 0 Å². The van der Waals surface area contributed by atoms with E-state index in [2.05, 4.69) is 21.8 Å². The fourth-order valence-corrected chi connectivity index (χ4v) is 1.71. The first kappa shape index (κ1) is 10.2. The van der Waals surface area contributed by atoms with Gasteiger partial charge in [-0.3, -0.25) is 4.98 Å². The largest absolute Gasteiger partial charge is 0.382 e. The van der Waals surface area contributed by atoms with Gasteiger partial charge < -0.3 is 10.6 Å². The first-order valence-electron chi connectivity index (χ1n) is 5.65. The van der Waals surface area contributed by atoms with Crippen molar-refractivity contribution in [2.24, 2.45) is 0 Å². The van der Waals surface area contributed by atoms with E-state index >= 15 is 0 Å². The van der Waals surface area contributed by atoms with Crippen LogP contribution in [0.1, 0.15) is 32.6 Å². The van der Waals surface area contributed by atoms with E-state index in [0.717, 1.165) is 12.4 Å². The number of aromatic nitrogens is 2. The summed E-state index contributed by atoms with van der Waals surface area (Å²) in [5, 5.41) is 0. The van der Waals surface area contributed by atoms with Crippen LogP contribution < -0.4 is 10.6 Å². The lowest BCUT2D eigenvalue weighted by Gasteiger charge is -2.22. The molecule has 1 fully saturated rings. The number of hydrogen-bond acceptors (Lipinski definition) is 4. The van der Waals surface area contributed by atoms with E-state index in [-0.39, 0.29) is 0 Å². The van der Waals surface area contributed by atoms with Gasteiger partial charge in [-0.05, 0) is 19.3 Å². The normalized spacial score (nSPS) is 15.3. The molecule has 15 heavy (non-hydrogen) atoms. The van der Waals surface area contributed by atoms with Gasteiger partial charge in [0.15, 0.2) is 0 Å². The van der Waals surface area contributed by atoms with Gasteiger partial charge in [-0.1, -0.05) is 13.3 Å². The lowest BCUT2D eigenvalue weighted by molar-refractivity contribution is 0.703. The molecule has 0 amide bonds. The minimum absolute atomic E-state index is 0.509. The monoisotopic (exact) mass is 206 g/mol. The molecule has 1 aromatic rings. The van der Waals surface area contributed by atoms with Gasteiger partial charge in [-0.15, -0.1) is 0 Å². The zero-order valence-electron chi connectivity index (χ0n) is 9.19. The number of nitrogens with two attached hydrogens (primary N) is 1. The average Bonchev–Trinajstić information content (AvgIpc) is 3.03. The first-order valence-corrected chi connectivity index (χ1v) is 5.65. The molecule has 0 bridgehead atoms. The molecule has 1 aliphatic carbocycles. The molecule has 1 heterocycles. The van der Waals surface area contributed by atoms with E-state index in [4.69, 9.17) is 5.73 Å². The van der Waals surface area contributed by atoms with Gasteiger partial charge in [0.05, 0.1) is 12.4 Å². The second-order valence-electron chi connectivity index (χ2n) is 4.08. The summed E-state index contributed by atoms with van der Waals surface area (Å²) in [7, 11) is 0. The number of nitrogen functional groups attached to an aromatic ring is 1. The Morgan fingerprint density at radius 3 is 2.87 bits per heavy atom. The topological polar surface area (TPSA) is 55.0 Å². The minimum Gasteiger partial charge on any atom is -0.382 e. The highest BCUT2D eigenvalue weighted by molar-refractivity contribution is 5.43. The van der Waals surface area contributed by atoms with Gasteiger partial charge in [0.2, 0.25) is 0 Å². The Morgan fingerprint density at radius 2 is 2.27 bits per heavy atom. The third-order valence-electron chi connectivity index (χ3n) is 2.67. The summed E-state index contributed by atoms with van der Waals surface area (Å²) >= 11 is 0. The van der Waals surface area contributed by atoms with Crippen LogP contribution in [-0.2, 0) is 0 Å². The fraction of sp³-hybridized carbons (Fsp3) is 0.636. The van der Waals surface area contributed by atoms with E-state index in [9.17, 15) is 0 Å². The maximum Gasteiger partial charge on any atom is 0.149 e. The van der Waals surface area contributed by atoms with Crippen molar-refractivity contribution in [2.45, 2.75) is 38.6 Å². The smallest absolute Gasteiger partial charge is 0.149 e. The molecule has 4 nitrogen and oxygen atoms in total. The first-order chi connectivity index (χ1) is 7.31. The molecule has 2 rings (SSSR count). The molecule has 1 aliphatic rings. The van der Waals surface area contributed by atoms with Crippen LogP contribution in [0.3, 0.4) is 0 Å². The van der Waals surface area contributed by atoms with Gasteiger partial charge in [0.25, 0.3) is 0 Å². The quantitative estimate of drug-likeness (QED) is 0.798. The average molecular weight is 206 g/mol. The van der Waals surface area contributed by atoms with Crippen molar-refractivity contribution in [1.29, 1.82) is 0 Å². The van der Waals surface area contributed by atoms with Crippen LogP contribution >= 0.6 is 0 Å². The maximum atomic E-state index is 5.65. The molecule has 0 unspecified atom stereocenters. The molecule has 0 radical (unpaired) electrons. The fourth-order valence-electron chi connectivity index (χ4n) is 1.71. The van der Waals surface area contributed by atoms with Crippen molar-refractivity contribution in [1.82, 2.24) is 9.97 Å². The minimum atomic E-state index is 0.509. The standard InChI is InChI=1S/C11H18N4/c1-2-3-6-15(9-4-5-9)11-8-13-7-10(12)14-11/h7-9H,2-6H2,1H3,(H2,12,14). The van der Waals surface area contributed by atoms with Crippen molar-refractivity contribution >= 4 is 11.6 Å². The Morgan fingerprint density at radius 1 is 1.47 bits per heavy atom. The molecule has 0 aliphatic heterocycles. The molecule has 0 aromatic carbocycles. The SMILES string of the molecule is CCCCN(c1cncc(N)n1)C1CC1. The van der Waals surface area contributed by atoms with E-state index in [0.29, 0.717) is 11.9 Å². The molecular weight excluding hydrogens is 188 g/mol. The molecule has 1 saturated carbocycles. The molecule has 0 saturated heterocycles. The second kappa shape index (κ2) is 4.47. The summed E-state index contributed by atoms with van der Waals surface area (Å²) in [5.41, 5.74) is 5.65. The highest BCUT2D eigenvalue weighted by Gasteiger charge is 2.29. The van der Waals surface area contributed by atoms with Gasteiger partial charge in [0.1, 0.15) is 11.6 Å². The second-order valence-corrected chi connectivity index (χ2v) is 4.08. The van der Waals surface area contributed by atoms with Crippen LogP contribution in [0, 0.1) is 0 Å². The van der Waals surface area contributed by atoms with Gasteiger partial charge in [-0.25, -0.2) is 4.98 Å². The van der Waals surface area contributed by atoms with Gasteiger partial charge >= 0.3 is 0 Å². The molecule has 2 N–H and O–H groups in total. The number of hydrogen-bond donors (Lipinski definition) is 1. The van der Waals surface area contributed by atoms with E-state index in [1.807, 2.05) is 6.20 Å². The zero-order valence-corrected chi connectivity index (χ0v) is 9.19. The van der Waals surface area contributed by atoms with Crippen LogP contribution in [0.2, 0.25) is 0 Å². The highest BCUT2D eigenvalue weighted by Crippen LogP contribution is 2.30. The summed E-state index contributed by atoms with van der Waals surface area (Å²) in [4.78, 5) is 10.8. The van der Waals surface area contributed by atoms with Crippen LogP contribution in [0.5, 0.6) is 0 Å². The van der Waals surface area contributed by atoms with Gasteiger partial charge in [-0.2, -0.15) is 0 Å². The van der Waals surface area contributed by atoms with E-state index in [1.54, 1.807) is 6.20 Å². The Hall–Kier alpha value is -1.32. The van der Waals surface area contributed by atoms with Crippen LogP contribution in [0.25, 0.3) is 0 Å². The van der Waals surface area contributed by atoms with Crippen molar-refractivity contribution in [3.63, 3.8) is 0 Å². The van der Waals surface area contributed by atoms with Gasteiger partial charge in [0, 0.05) is 12.6 Å². The third-order valence-corrected chi connectivity index (χ3v) is 2.67. The number of rotatable bonds is 5. The van der Waals surface area contributed by atoms with Crippen molar-refractivity contribution < 1.29 is 0 Å². The van der Waals surface area contributed by atoms with E-state index in [1.165, 1.54) is 25.7 Å². The van der Waals surface area contributed by atoms with Crippen molar-refractivity contribution in [2.75, 3.05) is 17.2 Å². The molecule has 1 aromatic heterocycles. The van der Waals surface area contributed by atoms with Crippen molar-refractivity contribution in [3.05, 3.63) is 12.4 Å². The molecule has 0 atom stereocenters. The summed E-state index contributed by atoms with van der Waals surface area (Å²) in [5.74, 6) is 1.44. The molecule has 0 spiro atoms.